The normalized spacial score (nSPS) is 12.3. The van der Waals surface area contributed by atoms with E-state index in [2.05, 4.69) is 10.5 Å². The topological polar surface area (TPSA) is 116 Å². The predicted molar refractivity (Wildman–Crippen MR) is 103 cm³/mol. The molecule has 146 valence electrons. The molecule has 1 aliphatic rings. The smallest absolute Gasteiger partial charge is 0.281 e. The first-order valence-corrected chi connectivity index (χ1v) is 8.66. The van der Waals surface area contributed by atoms with Crippen molar-refractivity contribution in [3.8, 4) is 22.8 Å². The van der Waals surface area contributed by atoms with Crippen LogP contribution in [0.3, 0.4) is 0 Å². The fourth-order valence-electron chi connectivity index (χ4n) is 2.69. The number of hydrogen-bond acceptors (Lipinski definition) is 7. The van der Waals surface area contributed by atoms with E-state index in [1.807, 2.05) is 0 Å². The number of ether oxygens (including phenoxy) is 2. The Labute approximate surface area is 168 Å². The van der Waals surface area contributed by atoms with Crippen LogP contribution < -0.4 is 14.9 Å². The molecule has 0 aliphatic carbocycles. The van der Waals surface area contributed by atoms with E-state index in [9.17, 15) is 14.9 Å². The zero-order valence-electron chi connectivity index (χ0n) is 14.6. The van der Waals surface area contributed by atoms with E-state index < -0.39 is 10.8 Å². The van der Waals surface area contributed by atoms with Crippen molar-refractivity contribution in [1.82, 2.24) is 5.43 Å². The average Bonchev–Trinajstić information content (AvgIpc) is 3.36. The average molecular weight is 414 g/mol. The minimum absolute atomic E-state index is 0.116. The number of hydrogen-bond donors (Lipinski definition) is 1. The fraction of sp³-hybridized carbons (Fsp3) is 0.0526. The molecule has 3 aromatic rings. The van der Waals surface area contributed by atoms with Crippen LogP contribution in [0.4, 0.5) is 5.69 Å². The Morgan fingerprint density at radius 2 is 1.97 bits per heavy atom. The standard InChI is InChI=1S/C19H12ClN3O6/c20-12-2-4-14(15(8-12)23(25)26)16-6-3-13(29-16)9-21-22-19(24)11-1-5-17-18(7-11)28-10-27-17/h1-9H,10H2,(H,22,24)/b21-9+. The Hall–Kier alpha value is -3.85. The van der Waals surface area contributed by atoms with Gasteiger partial charge in [0.1, 0.15) is 11.5 Å². The van der Waals surface area contributed by atoms with Crippen LogP contribution in [-0.2, 0) is 0 Å². The third kappa shape index (κ3) is 3.90. The highest BCUT2D eigenvalue weighted by Crippen LogP contribution is 2.33. The third-order valence-electron chi connectivity index (χ3n) is 4.04. The maximum Gasteiger partial charge on any atom is 0.281 e. The molecule has 1 aliphatic heterocycles. The predicted octanol–water partition coefficient (Wildman–Crippen LogP) is 4.00. The molecule has 2 heterocycles. The SMILES string of the molecule is O=C(N/N=C/c1ccc(-c2ccc(Cl)cc2[N+](=O)[O-])o1)c1ccc2c(c1)OCO2. The number of fused-ring (bicyclic) bond motifs is 1. The van der Waals surface area contributed by atoms with Crippen molar-refractivity contribution in [1.29, 1.82) is 0 Å². The van der Waals surface area contributed by atoms with Crippen molar-refractivity contribution >= 4 is 29.4 Å². The van der Waals surface area contributed by atoms with E-state index in [1.165, 1.54) is 24.4 Å². The molecule has 1 N–H and O–H groups in total. The van der Waals surface area contributed by atoms with Crippen LogP contribution >= 0.6 is 11.6 Å². The first-order valence-electron chi connectivity index (χ1n) is 8.28. The molecule has 0 saturated carbocycles. The van der Waals surface area contributed by atoms with Gasteiger partial charge in [-0.1, -0.05) is 11.6 Å². The second-order valence-corrected chi connectivity index (χ2v) is 6.32. The summed E-state index contributed by atoms with van der Waals surface area (Å²) >= 11 is 5.82. The lowest BCUT2D eigenvalue weighted by Gasteiger charge is -2.01. The maximum absolute atomic E-state index is 12.2. The van der Waals surface area contributed by atoms with Crippen LogP contribution in [0, 0.1) is 10.1 Å². The maximum atomic E-state index is 12.2. The van der Waals surface area contributed by atoms with Gasteiger partial charge in [-0.25, -0.2) is 5.43 Å². The van der Waals surface area contributed by atoms with E-state index in [-0.39, 0.29) is 28.8 Å². The number of amides is 1. The lowest BCUT2D eigenvalue weighted by molar-refractivity contribution is -0.384. The molecule has 9 nitrogen and oxygen atoms in total. The lowest BCUT2D eigenvalue weighted by atomic mass is 10.1. The van der Waals surface area contributed by atoms with Gasteiger partial charge in [0.25, 0.3) is 11.6 Å². The first-order chi connectivity index (χ1) is 14.0. The Bertz CT molecular complexity index is 1140. The zero-order valence-corrected chi connectivity index (χ0v) is 15.4. The number of carbonyl (C=O) groups excluding carboxylic acids is 1. The molecule has 29 heavy (non-hydrogen) atoms. The van der Waals surface area contributed by atoms with Gasteiger partial charge in [0.2, 0.25) is 6.79 Å². The molecule has 0 bridgehead atoms. The molecule has 4 rings (SSSR count). The molecule has 0 radical (unpaired) electrons. The van der Waals surface area contributed by atoms with Crippen molar-refractivity contribution < 1.29 is 23.6 Å². The molecule has 0 fully saturated rings. The number of benzene rings is 2. The highest BCUT2D eigenvalue weighted by atomic mass is 35.5. The molecule has 0 unspecified atom stereocenters. The van der Waals surface area contributed by atoms with Gasteiger partial charge in [-0.3, -0.25) is 14.9 Å². The van der Waals surface area contributed by atoms with Gasteiger partial charge >= 0.3 is 0 Å². The number of hydrazone groups is 1. The summed E-state index contributed by atoms with van der Waals surface area (Å²) in [5.41, 5.74) is 2.83. The van der Waals surface area contributed by atoms with Gasteiger partial charge in [0, 0.05) is 16.7 Å². The van der Waals surface area contributed by atoms with Gasteiger partial charge in [0.05, 0.1) is 16.7 Å². The zero-order chi connectivity index (χ0) is 20.4. The largest absolute Gasteiger partial charge is 0.455 e. The fourth-order valence-corrected chi connectivity index (χ4v) is 2.85. The molecule has 10 heteroatoms. The molecule has 1 amide bonds. The Morgan fingerprint density at radius 1 is 1.14 bits per heavy atom. The minimum Gasteiger partial charge on any atom is -0.455 e. The summed E-state index contributed by atoms with van der Waals surface area (Å²) in [5.74, 6) is 1.19. The van der Waals surface area contributed by atoms with E-state index in [1.54, 1.807) is 30.3 Å². The van der Waals surface area contributed by atoms with Crippen molar-refractivity contribution in [3.05, 3.63) is 75.0 Å². The number of nitrogens with one attached hydrogen (secondary N) is 1. The number of nitro benzene ring substituents is 1. The number of nitro groups is 1. The van der Waals surface area contributed by atoms with Crippen LogP contribution in [0.25, 0.3) is 11.3 Å². The number of carbonyl (C=O) groups is 1. The summed E-state index contributed by atoms with van der Waals surface area (Å²) in [7, 11) is 0. The molecular formula is C19H12ClN3O6. The van der Waals surface area contributed by atoms with Gasteiger partial charge in [-0.15, -0.1) is 0 Å². The first kappa shape index (κ1) is 18.5. The highest BCUT2D eigenvalue weighted by Gasteiger charge is 2.19. The summed E-state index contributed by atoms with van der Waals surface area (Å²) in [6.45, 7) is 0.116. The van der Waals surface area contributed by atoms with Crippen molar-refractivity contribution in [3.63, 3.8) is 0 Å². The third-order valence-corrected chi connectivity index (χ3v) is 4.28. The quantitative estimate of drug-likeness (QED) is 0.384. The highest BCUT2D eigenvalue weighted by molar-refractivity contribution is 6.30. The summed E-state index contributed by atoms with van der Waals surface area (Å²) < 4.78 is 16.0. The van der Waals surface area contributed by atoms with E-state index in [0.717, 1.165) is 0 Å². The van der Waals surface area contributed by atoms with Crippen molar-refractivity contribution in [2.24, 2.45) is 5.10 Å². The second kappa shape index (κ2) is 7.64. The Morgan fingerprint density at radius 3 is 2.79 bits per heavy atom. The van der Waals surface area contributed by atoms with Gasteiger partial charge in [0.15, 0.2) is 11.5 Å². The van der Waals surface area contributed by atoms with Gasteiger partial charge in [-0.2, -0.15) is 5.10 Å². The van der Waals surface area contributed by atoms with E-state index in [0.29, 0.717) is 22.8 Å². The van der Waals surface area contributed by atoms with E-state index in [4.69, 9.17) is 25.5 Å². The Balaban J connectivity index is 1.46. The molecule has 0 saturated heterocycles. The van der Waals surface area contributed by atoms with E-state index >= 15 is 0 Å². The number of furan rings is 1. The second-order valence-electron chi connectivity index (χ2n) is 5.89. The minimum atomic E-state index is -0.539. The number of halogens is 1. The Kier molecular flexibility index (Phi) is 4.88. The van der Waals surface area contributed by atoms with Crippen molar-refractivity contribution in [2.45, 2.75) is 0 Å². The van der Waals surface area contributed by atoms with Crippen LogP contribution in [0.2, 0.25) is 5.02 Å². The van der Waals surface area contributed by atoms with Crippen LogP contribution in [-0.4, -0.2) is 23.8 Å². The van der Waals surface area contributed by atoms with Crippen LogP contribution in [0.5, 0.6) is 11.5 Å². The summed E-state index contributed by atoms with van der Waals surface area (Å²) in [6, 6.07) is 12.2. The van der Waals surface area contributed by atoms with Crippen LogP contribution in [0.1, 0.15) is 16.1 Å². The lowest BCUT2D eigenvalue weighted by Crippen LogP contribution is -2.17. The molecule has 0 spiro atoms. The number of nitrogens with zero attached hydrogens (tertiary/aromatic N) is 2. The molecule has 1 aromatic heterocycles. The van der Waals surface area contributed by atoms with Crippen LogP contribution in [0.15, 0.2) is 58.0 Å². The van der Waals surface area contributed by atoms with Gasteiger partial charge in [-0.05, 0) is 42.5 Å². The number of rotatable bonds is 5. The summed E-state index contributed by atoms with van der Waals surface area (Å²) in [6.07, 6.45) is 1.29. The summed E-state index contributed by atoms with van der Waals surface area (Å²) in [5, 5.41) is 15.3. The monoisotopic (exact) mass is 413 g/mol. The van der Waals surface area contributed by atoms with Gasteiger partial charge < -0.3 is 13.9 Å². The molecule has 0 atom stereocenters. The molecule has 2 aromatic carbocycles. The van der Waals surface area contributed by atoms with Crippen molar-refractivity contribution in [2.75, 3.05) is 6.79 Å². The molecular weight excluding hydrogens is 402 g/mol. The summed E-state index contributed by atoms with van der Waals surface area (Å²) in [4.78, 5) is 22.9.